The second-order valence-electron chi connectivity index (χ2n) is 5.07. The zero-order valence-electron chi connectivity index (χ0n) is 9.73. The molecule has 3 aliphatic rings. The standard InChI is InChI=1S/C11H10Cl6O2/c1-4-18-2-5-6(3-19-4)10(15)8(13)7(12)9(5,14)11(10,16)17/h4-6H,2-3H2,1H3. The molecule has 0 aromatic heterocycles. The van der Waals surface area contributed by atoms with E-state index in [4.69, 9.17) is 79.1 Å². The summed E-state index contributed by atoms with van der Waals surface area (Å²) in [6, 6.07) is 0. The van der Waals surface area contributed by atoms with Crippen LogP contribution in [0.3, 0.4) is 0 Å². The van der Waals surface area contributed by atoms with Crippen LogP contribution in [0.4, 0.5) is 0 Å². The van der Waals surface area contributed by atoms with Crippen molar-refractivity contribution in [1.82, 2.24) is 0 Å². The second kappa shape index (κ2) is 4.45. The van der Waals surface area contributed by atoms with Crippen molar-refractivity contribution in [3.05, 3.63) is 10.1 Å². The van der Waals surface area contributed by atoms with Gasteiger partial charge in [-0.2, -0.15) is 0 Å². The highest BCUT2D eigenvalue weighted by atomic mass is 35.5. The van der Waals surface area contributed by atoms with Gasteiger partial charge in [-0.3, -0.25) is 0 Å². The molecule has 0 aromatic rings. The summed E-state index contributed by atoms with van der Waals surface area (Å²) in [6.07, 6.45) is -0.344. The van der Waals surface area contributed by atoms with Crippen molar-refractivity contribution in [2.75, 3.05) is 13.2 Å². The summed E-state index contributed by atoms with van der Waals surface area (Å²) in [5.41, 5.74) is 0. The fourth-order valence-electron chi connectivity index (χ4n) is 3.19. The van der Waals surface area contributed by atoms with Crippen LogP contribution in [-0.4, -0.2) is 33.6 Å². The first-order valence-corrected chi connectivity index (χ1v) is 8.00. The van der Waals surface area contributed by atoms with E-state index in [9.17, 15) is 0 Å². The Bertz CT molecular complexity index is 428. The lowest BCUT2D eigenvalue weighted by molar-refractivity contribution is -0.119. The highest BCUT2D eigenvalue weighted by molar-refractivity contribution is 6.65. The summed E-state index contributed by atoms with van der Waals surface area (Å²) < 4.78 is 9.59. The quantitative estimate of drug-likeness (QED) is 0.572. The molecule has 2 nitrogen and oxygen atoms in total. The molecule has 4 atom stereocenters. The van der Waals surface area contributed by atoms with Crippen LogP contribution in [-0.2, 0) is 9.47 Å². The molecule has 4 unspecified atom stereocenters. The molecule has 1 saturated heterocycles. The molecule has 0 aromatic carbocycles. The van der Waals surface area contributed by atoms with Crippen molar-refractivity contribution in [2.24, 2.45) is 11.8 Å². The Labute approximate surface area is 141 Å². The lowest BCUT2D eigenvalue weighted by atomic mass is 9.83. The molecule has 0 radical (unpaired) electrons. The summed E-state index contributed by atoms with van der Waals surface area (Å²) in [6.45, 7) is 2.42. The first-order valence-electron chi connectivity index (χ1n) is 5.74. The van der Waals surface area contributed by atoms with E-state index in [1.807, 2.05) is 0 Å². The van der Waals surface area contributed by atoms with Gasteiger partial charge < -0.3 is 9.47 Å². The van der Waals surface area contributed by atoms with E-state index >= 15 is 0 Å². The van der Waals surface area contributed by atoms with E-state index in [0.717, 1.165) is 0 Å². The maximum Gasteiger partial charge on any atom is 0.167 e. The molecule has 1 aliphatic heterocycles. The molecule has 1 heterocycles. The fourth-order valence-corrected chi connectivity index (χ4v) is 6.25. The van der Waals surface area contributed by atoms with Gasteiger partial charge in [0, 0.05) is 11.8 Å². The third-order valence-corrected chi connectivity index (χ3v) is 8.62. The van der Waals surface area contributed by atoms with Crippen LogP contribution >= 0.6 is 69.6 Å². The van der Waals surface area contributed by atoms with E-state index in [0.29, 0.717) is 13.2 Å². The molecule has 19 heavy (non-hydrogen) atoms. The Morgan fingerprint density at radius 3 is 1.63 bits per heavy atom. The first kappa shape index (κ1) is 15.3. The molecule has 0 amide bonds. The smallest absolute Gasteiger partial charge is 0.167 e. The molecule has 2 fully saturated rings. The Hall–Kier alpha value is 1.40. The van der Waals surface area contributed by atoms with Crippen LogP contribution in [0.25, 0.3) is 0 Å². The number of alkyl halides is 4. The van der Waals surface area contributed by atoms with E-state index < -0.39 is 14.1 Å². The van der Waals surface area contributed by atoms with Gasteiger partial charge in [0.05, 0.1) is 23.3 Å². The van der Waals surface area contributed by atoms with Gasteiger partial charge in [0.25, 0.3) is 0 Å². The van der Waals surface area contributed by atoms with Crippen molar-refractivity contribution in [1.29, 1.82) is 0 Å². The predicted molar refractivity (Wildman–Crippen MR) is 78.7 cm³/mol. The zero-order chi connectivity index (χ0) is 14.2. The summed E-state index contributed by atoms with van der Waals surface area (Å²) in [7, 11) is 0. The Morgan fingerprint density at radius 2 is 1.26 bits per heavy atom. The van der Waals surface area contributed by atoms with Gasteiger partial charge in [0.2, 0.25) is 0 Å². The second-order valence-corrected chi connectivity index (χ2v) is 8.35. The van der Waals surface area contributed by atoms with Crippen LogP contribution in [0.2, 0.25) is 0 Å². The Kier molecular flexibility index (Phi) is 3.59. The van der Waals surface area contributed by atoms with E-state index in [1.54, 1.807) is 6.92 Å². The molecule has 8 heteroatoms. The number of ether oxygens (including phenoxy) is 2. The molecule has 0 N–H and O–H groups in total. The van der Waals surface area contributed by atoms with Crippen molar-refractivity contribution in [3.63, 3.8) is 0 Å². The molecular weight excluding hydrogens is 377 g/mol. The van der Waals surface area contributed by atoms with Crippen molar-refractivity contribution >= 4 is 69.6 Å². The lowest BCUT2D eigenvalue weighted by Gasteiger charge is -2.34. The monoisotopic (exact) mass is 384 g/mol. The minimum absolute atomic E-state index is 0.204. The van der Waals surface area contributed by atoms with Gasteiger partial charge in [0.15, 0.2) is 10.6 Å². The highest BCUT2D eigenvalue weighted by Crippen LogP contribution is 2.76. The summed E-state index contributed by atoms with van der Waals surface area (Å²) >= 11 is 38.7. The maximum atomic E-state index is 6.66. The third-order valence-electron chi connectivity index (χ3n) is 4.27. The van der Waals surface area contributed by atoms with Crippen LogP contribution in [0.15, 0.2) is 10.1 Å². The van der Waals surface area contributed by atoms with Gasteiger partial charge in [-0.25, -0.2) is 0 Å². The average molecular weight is 387 g/mol. The molecule has 2 bridgehead atoms. The minimum atomic E-state index is -1.51. The number of halogens is 6. The molecule has 0 spiro atoms. The molecule has 3 rings (SSSR count). The fraction of sp³-hybridized carbons (Fsp3) is 0.818. The highest BCUT2D eigenvalue weighted by Gasteiger charge is 2.82. The maximum absolute atomic E-state index is 6.66. The predicted octanol–water partition coefficient (Wildman–Crippen LogP) is 4.46. The summed E-state index contributed by atoms with van der Waals surface area (Å²) in [5, 5.41) is 0.408. The van der Waals surface area contributed by atoms with Gasteiger partial charge in [-0.1, -0.05) is 46.4 Å². The van der Waals surface area contributed by atoms with Crippen molar-refractivity contribution in [2.45, 2.75) is 27.3 Å². The lowest BCUT2D eigenvalue weighted by Crippen LogP contribution is -2.45. The van der Waals surface area contributed by atoms with Gasteiger partial charge >= 0.3 is 0 Å². The number of fused-ring (bicyclic) bond motifs is 5. The minimum Gasteiger partial charge on any atom is -0.353 e. The van der Waals surface area contributed by atoms with Gasteiger partial charge in [0.1, 0.15) is 9.75 Å². The number of hydrogen-bond acceptors (Lipinski definition) is 2. The number of rotatable bonds is 0. The molecule has 1 saturated carbocycles. The van der Waals surface area contributed by atoms with Gasteiger partial charge in [-0.05, 0) is 6.92 Å². The Morgan fingerprint density at radius 1 is 0.895 bits per heavy atom. The third kappa shape index (κ3) is 1.56. The van der Waals surface area contributed by atoms with Crippen LogP contribution < -0.4 is 0 Å². The van der Waals surface area contributed by atoms with Crippen molar-refractivity contribution in [3.8, 4) is 0 Å². The van der Waals surface area contributed by atoms with E-state index in [1.165, 1.54) is 0 Å². The molecule has 108 valence electrons. The van der Waals surface area contributed by atoms with Crippen LogP contribution in [0.5, 0.6) is 0 Å². The SMILES string of the molecule is CC1OCC2C(CO1)C1(Cl)C(Cl)=C(Cl)C2(Cl)C1(Cl)Cl. The van der Waals surface area contributed by atoms with Crippen molar-refractivity contribution < 1.29 is 9.47 Å². The largest absolute Gasteiger partial charge is 0.353 e. The zero-order valence-corrected chi connectivity index (χ0v) is 14.3. The van der Waals surface area contributed by atoms with E-state index in [2.05, 4.69) is 0 Å². The summed E-state index contributed by atoms with van der Waals surface area (Å²) in [5.74, 6) is -0.525. The molecular formula is C11H10Cl6O2. The number of hydrogen-bond donors (Lipinski definition) is 0. The first-order chi connectivity index (χ1) is 8.69. The van der Waals surface area contributed by atoms with Crippen LogP contribution in [0, 0.1) is 11.8 Å². The number of allylic oxidation sites excluding steroid dienone is 2. The van der Waals surface area contributed by atoms with Crippen LogP contribution in [0.1, 0.15) is 6.92 Å². The molecule has 2 aliphatic carbocycles. The Balaban J connectivity index is 2.16. The normalized spacial score (nSPS) is 52.3. The average Bonchev–Trinajstić information content (AvgIpc) is 2.54. The topological polar surface area (TPSA) is 18.5 Å². The van der Waals surface area contributed by atoms with Gasteiger partial charge in [-0.15, -0.1) is 23.2 Å². The van der Waals surface area contributed by atoms with E-state index in [-0.39, 0.29) is 28.2 Å². The summed E-state index contributed by atoms with van der Waals surface area (Å²) in [4.78, 5) is -2.51.